The van der Waals surface area contributed by atoms with Crippen LogP contribution in [0.25, 0.3) is 0 Å². The number of aliphatic hydroxyl groups is 1. The normalized spacial score (nSPS) is 58.3. The molecule has 0 aromatic heterocycles. The van der Waals surface area contributed by atoms with E-state index in [1.807, 2.05) is 20.8 Å². The number of Topliss-reactive ketones (excluding diaryl/α,β-unsaturated/α-hetero) is 1. The molecule has 2 aliphatic heterocycles. The number of hydrogen-bond donors (Lipinski definition) is 1. The molecule has 4 aliphatic rings. The fourth-order valence-electron chi connectivity index (χ4n) is 5.63. The second-order valence-electron chi connectivity index (χ2n) is 7.97. The number of ketones is 1. The molecule has 5 atom stereocenters. The third-order valence-electron chi connectivity index (χ3n) is 6.70. The molecule has 2 bridgehead atoms. The van der Waals surface area contributed by atoms with E-state index >= 15 is 0 Å². The van der Waals surface area contributed by atoms with E-state index in [0.29, 0.717) is 5.78 Å². The van der Waals surface area contributed by atoms with Crippen molar-refractivity contribution in [3.63, 3.8) is 0 Å². The van der Waals surface area contributed by atoms with E-state index < -0.39 is 11.2 Å². The Bertz CT molecular complexity index is 460. The van der Waals surface area contributed by atoms with Crippen LogP contribution in [0, 0.1) is 22.7 Å². The van der Waals surface area contributed by atoms with Crippen LogP contribution < -0.4 is 0 Å². The Balaban J connectivity index is 1.87. The van der Waals surface area contributed by atoms with Gasteiger partial charge in [-0.05, 0) is 33.1 Å². The molecule has 2 aliphatic carbocycles. The topological polar surface area (TPSA) is 46.5 Å². The van der Waals surface area contributed by atoms with E-state index in [0.717, 1.165) is 19.3 Å². The van der Waals surface area contributed by atoms with Crippen LogP contribution in [0.3, 0.4) is 0 Å². The number of rotatable bonds is 0. The molecule has 1 spiro atoms. The highest BCUT2D eigenvalue weighted by atomic mass is 16.6. The summed E-state index contributed by atoms with van der Waals surface area (Å²) in [7, 11) is 0. The number of fused-ring (bicyclic) bond motifs is 6. The van der Waals surface area contributed by atoms with Crippen LogP contribution in [-0.4, -0.2) is 28.2 Å². The van der Waals surface area contributed by atoms with Gasteiger partial charge < -0.3 is 9.84 Å². The molecule has 100 valence electrons. The van der Waals surface area contributed by atoms with E-state index in [4.69, 9.17) is 4.74 Å². The predicted octanol–water partition coefficient (Wildman–Crippen LogP) is 1.92. The molecule has 18 heavy (non-hydrogen) atoms. The third-order valence-corrected chi connectivity index (χ3v) is 6.70. The Morgan fingerprint density at radius 2 is 1.83 bits per heavy atom. The van der Waals surface area contributed by atoms with Gasteiger partial charge in [-0.2, -0.15) is 0 Å². The van der Waals surface area contributed by atoms with Gasteiger partial charge in [0.15, 0.2) is 0 Å². The van der Waals surface area contributed by atoms with E-state index in [-0.39, 0.29) is 28.8 Å². The third kappa shape index (κ3) is 0.847. The Kier molecular flexibility index (Phi) is 1.63. The average molecular weight is 250 g/mol. The lowest BCUT2D eigenvalue weighted by atomic mass is 9.59. The fraction of sp³-hybridized carbons (Fsp3) is 0.933. The van der Waals surface area contributed by atoms with Gasteiger partial charge in [-0.3, -0.25) is 4.79 Å². The molecule has 2 heterocycles. The Morgan fingerprint density at radius 1 is 1.22 bits per heavy atom. The van der Waals surface area contributed by atoms with Crippen LogP contribution in [0.15, 0.2) is 0 Å². The largest absolute Gasteiger partial charge is 0.387 e. The van der Waals surface area contributed by atoms with Gasteiger partial charge in [0.2, 0.25) is 0 Å². The summed E-state index contributed by atoms with van der Waals surface area (Å²) in [6.45, 7) is 8.11. The summed E-state index contributed by atoms with van der Waals surface area (Å²) in [5.41, 5.74) is -1.56. The smallest absolute Gasteiger partial charge is 0.144 e. The van der Waals surface area contributed by atoms with Gasteiger partial charge in [-0.15, -0.1) is 0 Å². The van der Waals surface area contributed by atoms with Crippen LogP contribution in [0.2, 0.25) is 0 Å². The molecule has 1 N–H and O–H groups in total. The van der Waals surface area contributed by atoms with Crippen LogP contribution >= 0.6 is 0 Å². The summed E-state index contributed by atoms with van der Waals surface area (Å²) >= 11 is 0. The van der Waals surface area contributed by atoms with Crippen molar-refractivity contribution in [1.29, 1.82) is 0 Å². The molecule has 0 amide bonds. The standard InChI is InChI=1S/C15H22O3/c1-12(2)7-8-9(10(12)16)14(4)15(5-6-15)13(3,17)11(8)18-14/h8-9,11,17H,5-7H2,1-4H3/t8-,9-,11-,13+,14+/m1/s1. The highest BCUT2D eigenvalue weighted by Gasteiger charge is 2.85. The summed E-state index contributed by atoms with van der Waals surface area (Å²) in [4.78, 5) is 12.7. The van der Waals surface area contributed by atoms with Crippen molar-refractivity contribution in [3.05, 3.63) is 0 Å². The second kappa shape index (κ2) is 2.57. The Labute approximate surface area is 108 Å². The molecular weight excluding hydrogens is 228 g/mol. The van der Waals surface area contributed by atoms with E-state index in [9.17, 15) is 9.90 Å². The summed E-state index contributed by atoms with van der Waals surface area (Å²) < 4.78 is 6.21. The van der Waals surface area contributed by atoms with Gasteiger partial charge >= 0.3 is 0 Å². The summed E-state index contributed by atoms with van der Waals surface area (Å²) in [5.74, 6) is 0.596. The minimum Gasteiger partial charge on any atom is -0.387 e. The van der Waals surface area contributed by atoms with Crippen molar-refractivity contribution in [1.82, 2.24) is 0 Å². The van der Waals surface area contributed by atoms with Gasteiger partial charge in [-0.1, -0.05) is 13.8 Å². The quantitative estimate of drug-likeness (QED) is 0.714. The minimum absolute atomic E-state index is 0.0141. The molecular formula is C15H22O3. The zero-order valence-corrected chi connectivity index (χ0v) is 11.6. The summed E-state index contributed by atoms with van der Waals surface area (Å²) in [6, 6.07) is 0. The zero-order valence-electron chi connectivity index (χ0n) is 11.6. The molecule has 0 aromatic carbocycles. The molecule has 0 radical (unpaired) electrons. The summed E-state index contributed by atoms with van der Waals surface area (Å²) in [6.07, 6.45) is 2.73. The SMILES string of the molecule is CC1(C)C[C@H]2[C@H]3O[C@@](C)([C@H]2C1=O)C1(CC1)[C@@]3(C)O. The first-order valence-corrected chi connectivity index (χ1v) is 7.12. The first-order valence-electron chi connectivity index (χ1n) is 7.12. The van der Waals surface area contributed by atoms with Crippen molar-refractivity contribution in [2.45, 2.75) is 64.3 Å². The predicted molar refractivity (Wildman–Crippen MR) is 66.0 cm³/mol. The number of hydrogen-bond acceptors (Lipinski definition) is 3. The van der Waals surface area contributed by atoms with Crippen molar-refractivity contribution >= 4 is 5.78 Å². The van der Waals surface area contributed by atoms with Crippen molar-refractivity contribution in [2.24, 2.45) is 22.7 Å². The lowest BCUT2D eigenvalue weighted by Gasteiger charge is -2.44. The second-order valence-corrected chi connectivity index (χ2v) is 7.97. The molecule has 4 fully saturated rings. The Morgan fingerprint density at radius 3 is 2.39 bits per heavy atom. The molecule has 0 unspecified atom stereocenters. The first kappa shape index (κ1) is 11.4. The number of ether oxygens (including phenoxy) is 1. The molecule has 4 rings (SSSR count). The van der Waals surface area contributed by atoms with Crippen molar-refractivity contribution < 1.29 is 14.6 Å². The highest BCUT2D eigenvalue weighted by molar-refractivity contribution is 5.91. The highest BCUT2D eigenvalue weighted by Crippen LogP contribution is 2.77. The monoisotopic (exact) mass is 250 g/mol. The van der Waals surface area contributed by atoms with Crippen LogP contribution in [-0.2, 0) is 9.53 Å². The van der Waals surface area contributed by atoms with Gasteiger partial charge in [0.1, 0.15) is 5.78 Å². The van der Waals surface area contributed by atoms with Gasteiger partial charge in [0.05, 0.1) is 23.2 Å². The molecule has 3 heteroatoms. The molecule has 2 saturated carbocycles. The lowest BCUT2D eigenvalue weighted by Crippen LogP contribution is -2.57. The maximum Gasteiger partial charge on any atom is 0.144 e. The average Bonchev–Trinajstić information content (AvgIpc) is 2.92. The fourth-order valence-corrected chi connectivity index (χ4v) is 5.63. The van der Waals surface area contributed by atoms with Crippen molar-refractivity contribution in [3.8, 4) is 0 Å². The van der Waals surface area contributed by atoms with E-state index in [2.05, 4.69) is 6.92 Å². The van der Waals surface area contributed by atoms with E-state index in [1.54, 1.807) is 0 Å². The molecule has 0 aromatic rings. The van der Waals surface area contributed by atoms with E-state index in [1.165, 1.54) is 0 Å². The number of carbonyl (C=O) groups excluding carboxylic acids is 1. The minimum atomic E-state index is -0.746. The maximum atomic E-state index is 12.7. The van der Waals surface area contributed by atoms with Crippen LogP contribution in [0.4, 0.5) is 0 Å². The molecule has 2 saturated heterocycles. The van der Waals surface area contributed by atoms with Gasteiger partial charge in [-0.25, -0.2) is 0 Å². The summed E-state index contributed by atoms with van der Waals surface area (Å²) in [5, 5.41) is 10.9. The lowest BCUT2D eigenvalue weighted by molar-refractivity contribution is -0.136. The number of carbonyl (C=O) groups is 1. The van der Waals surface area contributed by atoms with Crippen LogP contribution in [0.5, 0.6) is 0 Å². The maximum absolute atomic E-state index is 12.7. The first-order chi connectivity index (χ1) is 8.17. The Hall–Kier alpha value is -0.410. The van der Waals surface area contributed by atoms with Gasteiger partial charge in [0, 0.05) is 16.7 Å². The molecule has 3 nitrogen and oxygen atoms in total. The van der Waals surface area contributed by atoms with Crippen LogP contribution in [0.1, 0.15) is 47.0 Å². The zero-order chi connectivity index (χ0) is 13.1. The van der Waals surface area contributed by atoms with Gasteiger partial charge in [0.25, 0.3) is 0 Å². The van der Waals surface area contributed by atoms with Crippen molar-refractivity contribution in [2.75, 3.05) is 0 Å².